The number of fused-ring (bicyclic) bond motifs is 3. The highest BCUT2D eigenvalue weighted by atomic mass is 16.5. The number of benzene rings is 1. The summed E-state index contributed by atoms with van der Waals surface area (Å²) in [6.45, 7) is 9.79. The second kappa shape index (κ2) is 5.94. The molecule has 0 bridgehead atoms. The van der Waals surface area contributed by atoms with Gasteiger partial charge in [-0.1, -0.05) is 18.7 Å². The summed E-state index contributed by atoms with van der Waals surface area (Å²) in [7, 11) is 0. The summed E-state index contributed by atoms with van der Waals surface area (Å²) in [5, 5.41) is 0. The van der Waals surface area contributed by atoms with Gasteiger partial charge in [0.25, 0.3) is 0 Å². The van der Waals surface area contributed by atoms with Crippen LogP contribution in [0.15, 0.2) is 24.8 Å². The predicted octanol–water partition coefficient (Wildman–Crippen LogP) is 2.39. The molecule has 3 aliphatic rings. The molecule has 0 aliphatic carbocycles. The van der Waals surface area contributed by atoms with Gasteiger partial charge in [0.15, 0.2) is 0 Å². The van der Waals surface area contributed by atoms with Crippen LogP contribution in [0.5, 0.6) is 5.75 Å². The molecule has 0 radical (unpaired) electrons. The number of anilines is 1. The Morgan fingerprint density at radius 1 is 1.14 bits per heavy atom. The van der Waals surface area contributed by atoms with Crippen molar-refractivity contribution in [3.05, 3.63) is 30.3 Å². The maximum Gasteiger partial charge on any atom is 0.143 e. The summed E-state index contributed by atoms with van der Waals surface area (Å²) < 4.78 is 11.5. The minimum absolute atomic E-state index is 0.471. The van der Waals surface area contributed by atoms with E-state index in [4.69, 9.17) is 9.47 Å². The third-order valence-corrected chi connectivity index (χ3v) is 5.18. The minimum atomic E-state index is 0.471. The van der Waals surface area contributed by atoms with Crippen molar-refractivity contribution in [1.82, 2.24) is 4.90 Å². The van der Waals surface area contributed by atoms with Gasteiger partial charge in [0.2, 0.25) is 0 Å². The molecule has 4 heteroatoms. The highest BCUT2D eigenvalue weighted by Crippen LogP contribution is 2.36. The fourth-order valence-electron chi connectivity index (χ4n) is 3.92. The summed E-state index contributed by atoms with van der Waals surface area (Å²) in [6, 6.07) is 7.58. The van der Waals surface area contributed by atoms with E-state index in [1.165, 1.54) is 18.5 Å². The molecule has 0 amide bonds. The summed E-state index contributed by atoms with van der Waals surface area (Å²) >= 11 is 0. The van der Waals surface area contributed by atoms with Gasteiger partial charge in [-0.3, -0.25) is 4.90 Å². The fraction of sp³-hybridized carbons (Fsp3) is 0.556. The van der Waals surface area contributed by atoms with Crippen LogP contribution >= 0.6 is 0 Å². The number of hydrogen-bond acceptors (Lipinski definition) is 4. The van der Waals surface area contributed by atoms with E-state index in [1.54, 1.807) is 0 Å². The van der Waals surface area contributed by atoms with Crippen molar-refractivity contribution < 1.29 is 9.47 Å². The van der Waals surface area contributed by atoms with Gasteiger partial charge in [0, 0.05) is 38.9 Å². The summed E-state index contributed by atoms with van der Waals surface area (Å²) in [5.41, 5.74) is 2.37. The van der Waals surface area contributed by atoms with Crippen molar-refractivity contribution in [3.8, 4) is 5.75 Å². The molecule has 1 aromatic rings. The van der Waals surface area contributed by atoms with E-state index in [0.29, 0.717) is 12.1 Å². The van der Waals surface area contributed by atoms with Crippen LogP contribution in [0.2, 0.25) is 0 Å². The van der Waals surface area contributed by atoms with Gasteiger partial charge >= 0.3 is 0 Å². The quantitative estimate of drug-likeness (QED) is 0.837. The van der Waals surface area contributed by atoms with E-state index in [2.05, 4.69) is 34.6 Å². The van der Waals surface area contributed by atoms with Crippen molar-refractivity contribution in [2.45, 2.75) is 24.9 Å². The van der Waals surface area contributed by atoms with Crippen molar-refractivity contribution in [2.75, 3.05) is 44.4 Å². The van der Waals surface area contributed by atoms with Crippen LogP contribution in [0.1, 0.15) is 18.4 Å². The molecular weight excluding hydrogens is 276 g/mol. The standard InChI is InChI=1S/C18H24N2O2/c1-2-14-3-4-17-18(11-14)22-13-16-12-19(7-8-20(16)17)15-5-9-21-10-6-15/h2-4,11,15-16H,1,5-10,12-13H2/t16-/m1/s1. The number of piperazine rings is 1. The van der Waals surface area contributed by atoms with Gasteiger partial charge in [-0.15, -0.1) is 0 Å². The van der Waals surface area contributed by atoms with Crippen LogP contribution in [0.25, 0.3) is 6.08 Å². The van der Waals surface area contributed by atoms with E-state index in [-0.39, 0.29) is 0 Å². The first-order valence-electron chi connectivity index (χ1n) is 8.33. The number of rotatable bonds is 2. The zero-order chi connectivity index (χ0) is 14.9. The van der Waals surface area contributed by atoms with Crippen molar-refractivity contribution in [1.29, 1.82) is 0 Å². The summed E-state index contributed by atoms with van der Waals surface area (Å²) in [4.78, 5) is 5.18. The second-order valence-electron chi connectivity index (χ2n) is 6.43. The maximum atomic E-state index is 6.03. The van der Waals surface area contributed by atoms with E-state index in [9.17, 15) is 0 Å². The first-order chi connectivity index (χ1) is 10.8. The highest BCUT2D eigenvalue weighted by molar-refractivity contribution is 5.66. The molecule has 3 aliphatic heterocycles. The average molecular weight is 300 g/mol. The SMILES string of the molecule is C=Cc1ccc2c(c1)OC[C@H]1CN(C3CCOCC3)CCN21. The van der Waals surface area contributed by atoms with Gasteiger partial charge in [-0.2, -0.15) is 0 Å². The minimum Gasteiger partial charge on any atom is -0.489 e. The van der Waals surface area contributed by atoms with Gasteiger partial charge in [0.05, 0.1) is 11.7 Å². The van der Waals surface area contributed by atoms with Crippen LogP contribution in [0.4, 0.5) is 5.69 Å². The number of hydrogen-bond donors (Lipinski definition) is 0. The monoisotopic (exact) mass is 300 g/mol. The number of nitrogens with zero attached hydrogens (tertiary/aromatic N) is 2. The Morgan fingerprint density at radius 2 is 2.00 bits per heavy atom. The Balaban J connectivity index is 1.50. The Morgan fingerprint density at radius 3 is 2.82 bits per heavy atom. The zero-order valence-corrected chi connectivity index (χ0v) is 13.0. The lowest BCUT2D eigenvalue weighted by Crippen LogP contribution is -2.59. The average Bonchev–Trinajstić information content (AvgIpc) is 2.61. The van der Waals surface area contributed by atoms with E-state index >= 15 is 0 Å². The lowest BCUT2D eigenvalue weighted by Gasteiger charge is -2.48. The fourth-order valence-corrected chi connectivity index (χ4v) is 3.92. The summed E-state index contributed by atoms with van der Waals surface area (Å²) in [5.74, 6) is 1.01. The Bertz CT molecular complexity index is 554. The molecule has 0 spiro atoms. The zero-order valence-electron chi connectivity index (χ0n) is 13.0. The molecular formula is C18H24N2O2. The van der Waals surface area contributed by atoms with Crippen LogP contribution in [-0.2, 0) is 4.74 Å². The highest BCUT2D eigenvalue weighted by Gasteiger charge is 2.35. The first-order valence-corrected chi connectivity index (χ1v) is 8.33. The smallest absolute Gasteiger partial charge is 0.143 e. The van der Waals surface area contributed by atoms with Crippen molar-refractivity contribution in [2.24, 2.45) is 0 Å². The molecule has 1 aromatic carbocycles. The normalized spacial score (nSPS) is 26.0. The molecule has 0 aromatic heterocycles. The molecule has 0 saturated carbocycles. The van der Waals surface area contributed by atoms with E-state index in [0.717, 1.165) is 50.8 Å². The third-order valence-electron chi connectivity index (χ3n) is 5.18. The molecule has 3 heterocycles. The molecule has 0 N–H and O–H groups in total. The molecule has 22 heavy (non-hydrogen) atoms. The summed E-state index contributed by atoms with van der Waals surface area (Å²) in [6.07, 6.45) is 4.22. The topological polar surface area (TPSA) is 24.9 Å². The van der Waals surface area contributed by atoms with Gasteiger partial charge in [0.1, 0.15) is 12.4 Å². The van der Waals surface area contributed by atoms with Gasteiger partial charge < -0.3 is 14.4 Å². The van der Waals surface area contributed by atoms with Crippen LogP contribution < -0.4 is 9.64 Å². The van der Waals surface area contributed by atoms with Crippen LogP contribution in [0, 0.1) is 0 Å². The Kier molecular flexibility index (Phi) is 3.80. The number of ether oxygens (including phenoxy) is 2. The van der Waals surface area contributed by atoms with Crippen molar-refractivity contribution in [3.63, 3.8) is 0 Å². The first kappa shape index (κ1) is 14.1. The lowest BCUT2D eigenvalue weighted by molar-refractivity contribution is 0.0231. The molecule has 2 fully saturated rings. The van der Waals surface area contributed by atoms with Crippen LogP contribution in [-0.4, -0.2) is 56.4 Å². The van der Waals surface area contributed by atoms with Gasteiger partial charge in [-0.25, -0.2) is 0 Å². The second-order valence-corrected chi connectivity index (χ2v) is 6.43. The molecule has 2 saturated heterocycles. The van der Waals surface area contributed by atoms with E-state index < -0.39 is 0 Å². The van der Waals surface area contributed by atoms with Crippen molar-refractivity contribution >= 4 is 11.8 Å². The molecule has 4 rings (SSSR count). The maximum absolute atomic E-state index is 6.03. The third kappa shape index (κ3) is 2.50. The molecule has 118 valence electrons. The van der Waals surface area contributed by atoms with Crippen LogP contribution in [0.3, 0.4) is 0 Å². The molecule has 4 nitrogen and oxygen atoms in total. The predicted molar refractivity (Wildman–Crippen MR) is 88.6 cm³/mol. The van der Waals surface area contributed by atoms with Gasteiger partial charge in [-0.05, 0) is 30.5 Å². The molecule has 1 atom stereocenters. The van der Waals surface area contributed by atoms with E-state index in [1.807, 2.05) is 6.08 Å². The molecule has 0 unspecified atom stereocenters. The Hall–Kier alpha value is -1.52. The largest absolute Gasteiger partial charge is 0.489 e. The Labute approximate surface area is 132 Å². The lowest BCUT2D eigenvalue weighted by atomic mass is 10.0.